The molecule has 0 aliphatic rings. The van der Waals surface area contributed by atoms with Crippen LogP contribution in [0.5, 0.6) is 11.5 Å². The van der Waals surface area contributed by atoms with Crippen LogP contribution in [0.2, 0.25) is 0 Å². The molecule has 0 bridgehead atoms. The fourth-order valence-electron chi connectivity index (χ4n) is 2.23. The van der Waals surface area contributed by atoms with Crippen molar-refractivity contribution in [1.82, 2.24) is 0 Å². The molecular weight excluding hydrogens is 354 g/mol. The molecule has 0 aliphatic carbocycles. The van der Waals surface area contributed by atoms with Gasteiger partial charge in [-0.05, 0) is 23.0 Å². The van der Waals surface area contributed by atoms with Crippen molar-refractivity contribution in [2.75, 3.05) is 5.90 Å². The van der Waals surface area contributed by atoms with Crippen LogP contribution in [0, 0.1) is 0 Å². The SMILES string of the molecule is CC(C)(C)c1cc(OP(=O)(O)CP(=O)(O)O)cc(C(C)(C)C)c1O. The second kappa shape index (κ2) is 6.47. The van der Waals surface area contributed by atoms with E-state index >= 15 is 0 Å². The number of phenols is 1. The highest BCUT2D eigenvalue weighted by Crippen LogP contribution is 2.56. The van der Waals surface area contributed by atoms with Gasteiger partial charge in [0.15, 0.2) is 5.90 Å². The van der Waals surface area contributed by atoms with E-state index in [0.29, 0.717) is 11.1 Å². The molecule has 0 saturated carbocycles. The van der Waals surface area contributed by atoms with Crippen LogP contribution in [0.3, 0.4) is 0 Å². The lowest BCUT2D eigenvalue weighted by Gasteiger charge is -2.28. The van der Waals surface area contributed by atoms with E-state index in [1.54, 1.807) is 0 Å². The Hall–Kier alpha value is -0.840. The van der Waals surface area contributed by atoms with E-state index in [4.69, 9.17) is 14.3 Å². The zero-order valence-corrected chi connectivity index (χ0v) is 16.6. The molecule has 0 aliphatic heterocycles. The van der Waals surface area contributed by atoms with Gasteiger partial charge in [-0.3, -0.25) is 4.57 Å². The molecule has 4 N–H and O–H groups in total. The van der Waals surface area contributed by atoms with E-state index in [1.165, 1.54) is 12.1 Å². The van der Waals surface area contributed by atoms with Crippen LogP contribution in [-0.4, -0.2) is 25.7 Å². The maximum atomic E-state index is 12.0. The summed E-state index contributed by atoms with van der Waals surface area (Å²) >= 11 is 0. The van der Waals surface area contributed by atoms with Gasteiger partial charge in [0, 0.05) is 11.1 Å². The topological polar surface area (TPSA) is 124 Å². The molecule has 0 radical (unpaired) electrons. The van der Waals surface area contributed by atoms with E-state index in [0.717, 1.165) is 0 Å². The predicted octanol–water partition coefficient (Wildman–Crippen LogP) is 3.69. The molecule has 1 aromatic carbocycles. The molecule has 24 heavy (non-hydrogen) atoms. The Kier molecular flexibility index (Phi) is 5.72. The summed E-state index contributed by atoms with van der Waals surface area (Å²) < 4.78 is 28.0. The first kappa shape index (κ1) is 21.2. The third kappa shape index (κ3) is 5.91. The van der Waals surface area contributed by atoms with Gasteiger partial charge in [0.2, 0.25) is 0 Å². The summed E-state index contributed by atoms with van der Waals surface area (Å²) in [6.45, 7) is 11.2. The molecule has 0 saturated heterocycles. The van der Waals surface area contributed by atoms with Crippen LogP contribution in [0.1, 0.15) is 52.7 Å². The van der Waals surface area contributed by atoms with Crippen LogP contribution in [-0.2, 0) is 20.0 Å². The van der Waals surface area contributed by atoms with Crippen LogP contribution >= 0.6 is 15.2 Å². The average Bonchev–Trinajstić information content (AvgIpc) is 2.24. The summed E-state index contributed by atoms with van der Waals surface area (Å²) in [5.41, 5.74) is 0.0976. The molecule has 1 atom stereocenters. The maximum Gasteiger partial charge on any atom is 0.388 e. The molecule has 0 amide bonds. The van der Waals surface area contributed by atoms with Gasteiger partial charge in [0.25, 0.3) is 0 Å². The first-order valence-electron chi connectivity index (χ1n) is 7.36. The zero-order valence-electron chi connectivity index (χ0n) is 14.8. The predicted molar refractivity (Wildman–Crippen MR) is 92.9 cm³/mol. The molecular formula is C15H26O7P2. The minimum absolute atomic E-state index is 0.0121. The first-order valence-corrected chi connectivity index (χ1v) is 10.9. The van der Waals surface area contributed by atoms with Crippen molar-refractivity contribution < 1.29 is 33.4 Å². The standard InChI is InChI=1S/C15H26O7P2/c1-14(2,3)11-7-10(8-12(13(11)16)15(4,5)6)22-24(20,21)9-23(17,18)19/h7-8,16H,9H2,1-6H3,(H,20,21)(H2,17,18,19). The van der Waals surface area contributed by atoms with E-state index < -0.39 is 31.9 Å². The number of aromatic hydroxyl groups is 1. The van der Waals surface area contributed by atoms with Gasteiger partial charge in [0.05, 0.1) is 0 Å². The molecule has 0 heterocycles. The van der Waals surface area contributed by atoms with E-state index in [9.17, 15) is 19.1 Å². The van der Waals surface area contributed by atoms with Gasteiger partial charge < -0.3 is 24.3 Å². The number of hydrogen-bond acceptors (Lipinski definition) is 4. The Morgan fingerprint density at radius 2 is 1.29 bits per heavy atom. The average molecular weight is 380 g/mol. The minimum atomic E-state index is -4.71. The highest BCUT2D eigenvalue weighted by Gasteiger charge is 2.34. The molecule has 9 heteroatoms. The summed E-state index contributed by atoms with van der Waals surface area (Å²) in [5.74, 6) is -1.21. The largest absolute Gasteiger partial charge is 0.507 e. The van der Waals surface area contributed by atoms with Crippen molar-refractivity contribution in [1.29, 1.82) is 0 Å². The zero-order chi connectivity index (χ0) is 19.1. The smallest absolute Gasteiger partial charge is 0.388 e. The summed E-state index contributed by atoms with van der Waals surface area (Å²) in [4.78, 5) is 27.5. The lowest BCUT2D eigenvalue weighted by molar-refractivity contribution is 0.358. The van der Waals surface area contributed by atoms with Crippen molar-refractivity contribution in [3.63, 3.8) is 0 Å². The summed E-state index contributed by atoms with van der Waals surface area (Å²) in [6.07, 6.45) is 0. The van der Waals surface area contributed by atoms with Crippen LogP contribution < -0.4 is 4.52 Å². The van der Waals surface area contributed by atoms with Crippen molar-refractivity contribution in [2.24, 2.45) is 0 Å². The third-order valence-corrected chi connectivity index (χ3v) is 6.71. The highest BCUT2D eigenvalue weighted by atomic mass is 31.2. The van der Waals surface area contributed by atoms with Crippen molar-refractivity contribution in [3.05, 3.63) is 23.3 Å². The second-order valence-electron chi connectivity index (χ2n) is 7.90. The fourth-order valence-corrected chi connectivity index (χ4v) is 4.76. The Bertz CT molecular complexity index is 673. The van der Waals surface area contributed by atoms with Crippen molar-refractivity contribution >= 4 is 15.2 Å². The Morgan fingerprint density at radius 1 is 0.917 bits per heavy atom. The van der Waals surface area contributed by atoms with Gasteiger partial charge >= 0.3 is 15.2 Å². The second-order valence-corrected chi connectivity index (χ2v) is 11.8. The fraction of sp³-hybridized carbons (Fsp3) is 0.600. The molecule has 0 aromatic heterocycles. The summed E-state index contributed by atoms with van der Waals surface area (Å²) in [6, 6.07) is 2.85. The molecule has 1 aromatic rings. The monoisotopic (exact) mass is 380 g/mol. The van der Waals surface area contributed by atoms with Crippen molar-refractivity contribution in [3.8, 4) is 11.5 Å². The first-order chi connectivity index (χ1) is 10.4. The molecule has 1 rings (SSSR count). The van der Waals surface area contributed by atoms with Crippen LogP contribution in [0.4, 0.5) is 0 Å². The lowest BCUT2D eigenvalue weighted by atomic mass is 9.79. The van der Waals surface area contributed by atoms with E-state index in [-0.39, 0.29) is 11.5 Å². The normalized spacial score (nSPS) is 15.9. The molecule has 0 fully saturated rings. The van der Waals surface area contributed by atoms with Crippen molar-refractivity contribution in [2.45, 2.75) is 52.4 Å². The Labute approximate surface area is 142 Å². The van der Waals surface area contributed by atoms with Gasteiger partial charge in [-0.25, -0.2) is 4.57 Å². The van der Waals surface area contributed by atoms with Gasteiger partial charge in [-0.1, -0.05) is 41.5 Å². The highest BCUT2D eigenvalue weighted by molar-refractivity contribution is 7.70. The van der Waals surface area contributed by atoms with Gasteiger partial charge in [-0.15, -0.1) is 0 Å². The summed E-state index contributed by atoms with van der Waals surface area (Å²) in [5, 5.41) is 10.6. The Morgan fingerprint density at radius 3 is 1.58 bits per heavy atom. The quantitative estimate of drug-likeness (QED) is 0.587. The number of benzene rings is 1. The minimum Gasteiger partial charge on any atom is -0.507 e. The Balaban J connectivity index is 3.45. The number of hydrogen-bond donors (Lipinski definition) is 4. The van der Waals surface area contributed by atoms with Crippen LogP contribution in [0.15, 0.2) is 12.1 Å². The summed E-state index contributed by atoms with van der Waals surface area (Å²) in [7, 11) is -9.25. The number of phenolic OH excluding ortho intramolecular Hbond substituents is 1. The lowest BCUT2D eigenvalue weighted by Crippen LogP contribution is -2.17. The van der Waals surface area contributed by atoms with E-state index in [2.05, 4.69) is 0 Å². The molecule has 138 valence electrons. The van der Waals surface area contributed by atoms with Gasteiger partial charge in [0.1, 0.15) is 11.5 Å². The molecule has 0 spiro atoms. The number of rotatable bonds is 4. The van der Waals surface area contributed by atoms with E-state index in [1.807, 2.05) is 41.5 Å². The molecule has 7 nitrogen and oxygen atoms in total. The molecule has 1 unspecified atom stereocenters. The maximum absolute atomic E-state index is 12.0. The van der Waals surface area contributed by atoms with Crippen LogP contribution in [0.25, 0.3) is 0 Å². The van der Waals surface area contributed by atoms with Gasteiger partial charge in [-0.2, -0.15) is 0 Å². The third-order valence-electron chi connectivity index (χ3n) is 3.31.